The minimum Gasteiger partial charge on any atom is -0.462 e. The first-order chi connectivity index (χ1) is 34.9. The van der Waals surface area contributed by atoms with Gasteiger partial charge in [-0.1, -0.05) is 195 Å². The Kier molecular flexibility index (Phi) is 26.5. The first kappa shape index (κ1) is 58.4. The molecule has 13 nitrogen and oxygen atoms in total. The molecule has 0 spiro atoms. The van der Waals surface area contributed by atoms with Gasteiger partial charge in [0.05, 0.1) is 13.0 Å². The van der Waals surface area contributed by atoms with Crippen molar-refractivity contribution in [1.29, 1.82) is 0 Å². The van der Waals surface area contributed by atoms with Gasteiger partial charge in [-0.05, 0) is 84.0 Å². The molecule has 72 heavy (non-hydrogen) atoms. The van der Waals surface area contributed by atoms with Gasteiger partial charge >= 0.3 is 22.3 Å². The predicted molar refractivity (Wildman–Crippen MR) is 282 cm³/mol. The second-order valence-electron chi connectivity index (χ2n) is 19.8. The molecule has 1 saturated heterocycles. The monoisotopic (exact) mass is 1020 g/mol. The van der Waals surface area contributed by atoms with Gasteiger partial charge in [0.25, 0.3) is 0 Å². The van der Waals surface area contributed by atoms with Crippen LogP contribution in [0.3, 0.4) is 0 Å². The first-order valence-corrected chi connectivity index (χ1v) is 28.5. The summed E-state index contributed by atoms with van der Waals surface area (Å²) >= 11 is 0. The van der Waals surface area contributed by atoms with E-state index in [0.717, 1.165) is 109 Å². The summed E-state index contributed by atoms with van der Waals surface area (Å²) in [5.74, 6) is -1.82. The fraction of sp³-hybridized carbons (Fsp3) is 0.603. The molecule has 14 heteroatoms. The standard InChI is InChI=1S/C58H83NO12S/c1-2-3-4-5-6-7-8-15-20-33-50(68-53(62)34-21-16-11-9-13-18-27-44-36-38-46-29-23-25-31-48(46)40-44)42-52(61)59-55-57(56(71-72(65,66)67)51(43-60)69-58(55)64)70-54(63)35-22-17-12-10-14-19-28-45-37-39-47-30-24-26-32-49(47)41-45/h23-26,29-32,36-41,50-51,55-58,60,64H,2-22,27-28,33-35,42-43H2,1H3,(H,59,61)(H,65,66,67)/t50-,51+,55+,56+,57+,58?/m0/s1. The molecule has 1 amide bonds. The van der Waals surface area contributed by atoms with Crippen molar-refractivity contribution < 1.29 is 56.0 Å². The van der Waals surface area contributed by atoms with Crippen molar-refractivity contribution in [3.8, 4) is 0 Å². The lowest BCUT2D eigenvalue weighted by molar-refractivity contribution is -0.254. The first-order valence-electron chi connectivity index (χ1n) is 27.2. The van der Waals surface area contributed by atoms with Crippen LogP contribution >= 0.6 is 0 Å². The van der Waals surface area contributed by atoms with Gasteiger partial charge in [-0.25, -0.2) is 4.18 Å². The largest absolute Gasteiger partial charge is 0.462 e. The molecule has 4 aromatic rings. The van der Waals surface area contributed by atoms with Gasteiger partial charge in [-0.15, -0.1) is 0 Å². The Bertz CT molecular complexity index is 2320. The van der Waals surface area contributed by atoms with E-state index in [1.807, 2.05) is 12.1 Å². The number of unbranched alkanes of at least 4 members (excludes halogenated alkanes) is 18. The highest BCUT2D eigenvalue weighted by Crippen LogP contribution is 2.28. The number of fused-ring (bicyclic) bond motifs is 2. The molecule has 0 aromatic heterocycles. The highest BCUT2D eigenvalue weighted by atomic mass is 32.3. The van der Waals surface area contributed by atoms with Crippen molar-refractivity contribution in [2.24, 2.45) is 0 Å². The van der Waals surface area contributed by atoms with Gasteiger partial charge in [0.2, 0.25) is 5.91 Å². The summed E-state index contributed by atoms with van der Waals surface area (Å²) in [5.41, 5.74) is 2.64. The van der Waals surface area contributed by atoms with E-state index < -0.39 is 71.6 Å². The molecule has 0 bridgehead atoms. The molecular formula is C58H83NO12S. The Morgan fingerprint density at radius 1 is 0.611 bits per heavy atom. The van der Waals surface area contributed by atoms with E-state index in [-0.39, 0.29) is 19.3 Å². The van der Waals surface area contributed by atoms with Crippen molar-refractivity contribution in [3.63, 3.8) is 0 Å². The van der Waals surface area contributed by atoms with Crippen molar-refractivity contribution in [2.45, 2.75) is 217 Å². The molecule has 4 N–H and O–H groups in total. The molecule has 1 aliphatic rings. The molecule has 0 saturated carbocycles. The van der Waals surface area contributed by atoms with Crippen LogP contribution in [0.15, 0.2) is 84.9 Å². The average Bonchev–Trinajstić information content (AvgIpc) is 3.36. The van der Waals surface area contributed by atoms with Gasteiger partial charge in [-0.3, -0.25) is 18.9 Å². The lowest BCUT2D eigenvalue weighted by Gasteiger charge is -2.43. The van der Waals surface area contributed by atoms with Gasteiger partial charge < -0.3 is 29.7 Å². The number of aliphatic hydroxyl groups excluding tert-OH is 2. The van der Waals surface area contributed by atoms with Crippen LogP contribution in [0.1, 0.15) is 179 Å². The lowest BCUT2D eigenvalue weighted by atomic mass is 9.96. The Morgan fingerprint density at radius 3 is 1.60 bits per heavy atom. The quantitative estimate of drug-likeness (QED) is 0.0192. The number of aryl methyl sites for hydroxylation is 2. The van der Waals surface area contributed by atoms with Crippen LogP contribution < -0.4 is 5.32 Å². The number of carbonyl (C=O) groups excluding carboxylic acids is 3. The number of aliphatic hydroxyl groups is 2. The van der Waals surface area contributed by atoms with Crippen molar-refractivity contribution in [3.05, 3.63) is 96.1 Å². The van der Waals surface area contributed by atoms with Crippen molar-refractivity contribution in [2.75, 3.05) is 6.61 Å². The maximum atomic E-state index is 13.8. The van der Waals surface area contributed by atoms with Crippen molar-refractivity contribution in [1.82, 2.24) is 5.32 Å². The van der Waals surface area contributed by atoms with E-state index in [9.17, 15) is 37.6 Å². The molecule has 4 aromatic carbocycles. The maximum absolute atomic E-state index is 13.8. The molecular weight excluding hydrogens is 935 g/mol. The summed E-state index contributed by atoms with van der Waals surface area (Å²) < 4.78 is 55.7. The molecule has 0 radical (unpaired) electrons. The number of hydrogen-bond acceptors (Lipinski definition) is 11. The fourth-order valence-corrected chi connectivity index (χ4v) is 10.3. The van der Waals surface area contributed by atoms with E-state index in [1.165, 1.54) is 58.4 Å². The Balaban J connectivity index is 1.09. The van der Waals surface area contributed by atoms with Gasteiger partial charge in [0.15, 0.2) is 12.4 Å². The van der Waals surface area contributed by atoms with E-state index >= 15 is 0 Å². The average molecular weight is 1020 g/mol. The van der Waals surface area contributed by atoms with Crippen LogP contribution in [0.4, 0.5) is 0 Å². The second-order valence-corrected chi connectivity index (χ2v) is 20.9. The number of amides is 1. The van der Waals surface area contributed by atoms with Crippen LogP contribution in [0.25, 0.3) is 21.5 Å². The predicted octanol–water partition coefficient (Wildman–Crippen LogP) is 11.8. The zero-order valence-corrected chi connectivity index (χ0v) is 43.6. The summed E-state index contributed by atoms with van der Waals surface area (Å²) in [4.78, 5) is 40.3. The smallest absolute Gasteiger partial charge is 0.397 e. The number of rotatable bonds is 36. The number of nitrogens with one attached hydrogen (secondary N) is 1. The molecule has 6 atom stereocenters. The molecule has 1 aliphatic heterocycles. The minimum absolute atomic E-state index is 0.0452. The van der Waals surface area contributed by atoms with Gasteiger partial charge in [0, 0.05) is 12.8 Å². The third kappa shape index (κ3) is 22.0. The highest BCUT2D eigenvalue weighted by molar-refractivity contribution is 7.80. The van der Waals surface area contributed by atoms with E-state index in [4.69, 9.17) is 18.4 Å². The number of carbonyl (C=O) groups is 3. The van der Waals surface area contributed by atoms with Crippen LogP contribution in [-0.4, -0.2) is 84.4 Å². The Labute approximate surface area is 429 Å². The lowest BCUT2D eigenvalue weighted by Crippen LogP contribution is -2.66. The maximum Gasteiger partial charge on any atom is 0.397 e. The summed E-state index contributed by atoms with van der Waals surface area (Å²) in [6.45, 7) is 1.33. The van der Waals surface area contributed by atoms with Crippen LogP contribution in [0.2, 0.25) is 0 Å². The number of ether oxygens (including phenoxy) is 3. The number of benzene rings is 4. The zero-order valence-electron chi connectivity index (χ0n) is 42.8. The summed E-state index contributed by atoms with van der Waals surface area (Å²) in [6, 6.07) is 28.3. The minimum atomic E-state index is -5.19. The summed E-state index contributed by atoms with van der Waals surface area (Å²) in [5, 5.41) is 28.8. The molecule has 5 rings (SSSR count). The van der Waals surface area contributed by atoms with E-state index in [1.54, 1.807) is 0 Å². The molecule has 1 unspecified atom stereocenters. The topological polar surface area (TPSA) is 195 Å². The SMILES string of the molecule is CCCCCCCCCCC[C@@H](CC(=O)N[C@H]1C(O)O[C@H](CO)[C@@H](OS(=O)(=O)O)[C@@H]1OC(=O)CCCCCCCCc1ccc2ccccc2c1)OC(=O)CCCCCCCCc1ccc2ccccc2c1. The normalized spacial score (nSPS) is 18.5. The highest BCUT2D eigenvalue weighted by Gasteiger charge is 2.50. The summed E-state index contributed by atoms with van der Waals surface area (Å²) in [6.07, 6.45) is 15.4. The fourth-order valence-electron chi connectivity index (χ4n) is 9.81. The molecule has 398 valence electrons. The zero-order chi connectivity index (χ0) is 51.4. The summed E-state index contributed by atoms with van der Waals surface area (Å²) in [7, 11) is -5.19. The molecule has 1 heterocycles. The number of hydrogen-bond donors (Lipinski definition) is 4. The third-order valence-corrected chi connectivity index (χ3v) is 14.3. The van der Waals surface area contributed by atoms with Crippen molar-refractivity contribution >= 4 is 49.8 Å². The third-order valence-electron chi connectivity index (χ3n) is 13.8. The Hall–Kier alpha value is -4.44. The second kappa shape index (κ2) is 32.7. The Morgan fingerprint density at radius 2 is 1.08 bits per heavy atom. The van der Waals surface area contributed by atoms with Gasteiger partial charge in [0.1, 0.15) is 24.4 Å². The molecule has 0 aliphatic carbocycles. The van der Waals surface area contributed by atoms with Gasteiger partial charge in [-0.2, -0.15) is 8.42 Å². The van der Waals surface area contributed by atoms with Crippen LogP contribution in [0, 0.1) is 0 Å². The van der Waals surface area contributed by atoms with E-state index in [2.05, 4.69) is 85.0 Å². The molecule has 1 fully saturated rings. The number of esters is 2. The van der Waals surface area contributed by atoms with E-state index in [0.29, 0.717) is 19.3 Å². The van der Waals surface area contributed by atoms with Crippen LogP contribution in [-0.2, 0) is 56.0 Å². The van der Waals surface area contributed by atoms with Crippen LogP contribution in [0.5, 0.6) is 0 Å².